The summed E-state index contributed by atoms with van der Waals surface area (Å²) >= 11 is 0. The Hall–Kier alpha value is -2.76. The number of aryl methyl sites for hydroxylation is 2. The molecule has 0 N–H and O–H groups in total. The Labute approximate surface area is 132 Å². The average Bonchev–Trinajstić information content (AvgIpc) is 2.53. The highest BCUT2D eigenvalue weighted by Gasteiger charge is 2.26. The number of nitro benzene ring substituents is 1. The number of fused-ring (bicyclic) bond motifs is 1. The van der Waals surface area contributed by atoms with Gasteiger partial charge in [0.15, 0.2) is 0 Å². The molecule has 1 aliphatic rings. The molecular weight excluding hydrogens is 299 g/mol. The Morgan fingerprint density at radius 2 is 1.96 bits per heavy atom. The summed E-state index contributed by atoms with van der Waals surface area (Å²) in [5, 5.41) is 10.7. The van der Waals surface area contributed by atoms with Gasteiger partial charge in [0.1, 0.15) is 5.82 Å². The maximum absolute atomic E-state index is 13.6. The van der Waals surface area contributed by atoms with E-state index in [-0.39, 0.29) is 17.4 Å². The minimum atomic E-state index is -0.503. The molecule has 23 heavy (non-hydrogen) atoms. The number of halogens is 1. The second-order valence-corrected chi connectivity index (χ2v) is 5.59. The number of nitro groups is 1. The lowest BCUT2D eigenvalue weighted by Gasteiger charge is -2.31. The summed E-state index contributed by atoms with van der Waals surface area (Å²) in [6, 6.07) is 8.42. The van der Waals surface area contributed by atoms with Crippen LogP contribution < -0.4 is 4.90 Å². The number of nitrogens with zero attached hydrogens (tertiary/aromatic N) is 2. The third kappa shape index (κ3) is 2.79. The van der Waals surface area contributed by atoms with Crippen molar-refractivity contribution >= 4 is 17.3 Å². The van der Waals surface area contributed by atoms with Gasteiger partial charge in [-0.1, -0.05) is 0 Å². The fourth-order valence-electron chi connectivity index (χ4n) is 3.01. The average molecular weight is 314 g/mol. The number of carbonyl (C=O) groups excluding carboxylic acids is 1. The number of amides is 1. The number of hydrogen-bond acceptors (Lipinski definition) is 3. The lowest BCUT2D eigenvalue weighted by Crippen LogP contribution is -2.36. The third-order valence-electron chi connectivity index (χ3n) is 4.01. The van der Waals surface area contributed by atoms with Gasteiger partial charge in [0.05, 0.1) is 10.6 Å². The highest BCUT2D eigenvalue weighted by atomic mass is 19.1. The number of anilines is 1. The van der Waals surface area contributed by atoms with Crippen molar-refractivity contribution in [1.82, 2.24) is 0 Å². The van der Waals surface area contributed by atoms with Crippen LogP contribution in [-0.4, -0.2) is 17.4 Å². The van der Waals surface area contributed by atoms with Gasteiger partial charge in [-0.05, 0) is 55.2 Å². The Balaban J connectivity index is 1.97. The maximum Gasteiger partial charge on any atom is 0.269 e. The number of rotatable bonds is 2. The van der Waals surface area contributed by atoms with E-state index in [1.165, 1.54) is 36.4 Å². The molecule has 0 saturated carbocycles. The van der Waals surface area contributed by atoms with E-state index in [4.69, 9.17) is 0 Å². The van der Waals surface area contributed by atoms with Gasteiger partial charge in [-0.3, -0.25) is 14.9 Å². The molecule has 0 radical (unpaired) electrons. The van der Waals surface area contributed by atoms with Crippen LogP contribution in [0.2, 0.25) is 0 Å². The van der Waals surface area contributed by atoms with E-state index in [0.29, 0.717) is 12.1 Å². The molecule has 2 aromatic rings. The van der Waals surface area contributed by atoms with Gasteiger partial charge in [-0.25, -0.2) is 4.39 Å². The molecule has 118 valence electrons. The molecule has 0 spiro atoms. The number of hydrogen-bond donors (Lipinski definition) is 0. The Kier molecular flexibility index (Phi) is 3.82. The van der Waals surface area contributed by atoms with Crippen LogP contribution in [-0.2, 0) is 6.42 Å². The predicted octanol–water partition coefficient (Wildman–Crippen LogP) is 3.64. The van der Waals surface area contributed by atoms with Crippen molar-refractivity contribution in [3.8, 4) is 0 Å². The fourth-order valence-corrected chi connectivity index (χ4v) is 3.01. The number of non-ortho nitro benzene ring substituents is 1. The second kappa shape index (κ2) is 5.79. The summed E-state index contributed by atoms with van der Waals surface area (Å²) in [6.45, 7) is 2.33. The van der Waals surface area contributed by atoms with Gasteiger partial charge in [-0.2, -0.15) is 0 Å². The summed E-state index contributed by atoms with van der Waals surface area (Å²) in [5.74, 6) is -0.526. The highest BCUT2D eigenvalue weighted by Crippen LogP contribution is 2.32. The van der Waals surface area contributed by atoms with E-state index < -0.39 is 4.92 Å². The first kappa shape index (κ1) is 15.1. The summed E-state index contributed by atoms with van der Waals surface area (Å²) < 4.78 is 13.6. The monoisotopic (exact) mass is 314 g/mol. The maximum atomic E-state index is 13.6. The van der Waals surface area contributed by atoms with E-state index in [0.717, 1.165) is 29.7 Å². The minimum Gasteiger partial charge on any atom is -0.308 e. The lowest BCUT2D eigenvalue weighted by molar-refractivity contribution is -0.384. The van der Waals surface area contributed by atoms with Crippen LogP contribution in [0.15, 0.2) is 36.4 Å². The quantitative estimate of drug-likeness (QED) is 0.628. The van der Waals surface area contributed by atoms with Gasteiger partial charge in [-0.15, -0.1) is 0 Å². The van der Waals surface area contributed by atoms with Gasteiger partial charge in [0, 0.05) is 24.2 Å². The summed E-state index contributed by atoms with van der Waals surface area (Å²) in [6.07, 6.45) is 1.49. The first-order valence-corrected chi connectivity index (χ1v) is 7.32. The van der Waals surface area contributed by atoms with E-state index in [9.17, 15) is 19.3 Å². The smallest absolute Gasteiger partial charge is 0.269 e. The molecule has 1 amide bonds. The van der Waals surface area contributed by atoms with Gasteiger partial charge >= 0.3 is 0 Å². The van der Waals surface area contributed by atoms with Crippen LogP contribution in [0.25, 0.3) is 0 Å². The van der Waals surface area contributed by atoms with Crippen LogP contribution in [0.1, 0.15) is 27.9 Å². The molecule has 5 nitrogen and oxygen atoms in total. The van der Waals surface area contributed by atoms with Crippen LogP contribution in [0.4, 0.5) is 15.8 Å². The van der Waals surface area contributed by atoms with Crippen molar-refractivity contribution in [3.05, 3.63) is 69.0 Å². The van der Waals surface area contributed by atoms with Crippen molar-refractivity contribution in [2.45, 2.75) is 19.8 Å². The van der Waals surface area contributed by atoms with Crippen molar-refractivity contribution in [2.75, 3.05) is 11.4 Å². The lowest BCUT2D eigenvalue weighted by atomic mass is 9.97. The summed E-state index contributed by atoms with van der Waals surface area (Å²) in [4.78, 5) is 24.6. The highest BCUT2D eigenvalue weighted by molar-refractivity contribution is 6.07. The van der Waals surface area contributed by atoms with E-state index >= 15 is 0 Å². The van der Waals surface area contributed by atoms with Crippen molar-refractivity contribution in [2.24, 2.45) is 0 Å². The molecule has 0 saturated heterocycles. The molecule has 0 unspecified atom stereocenters. The SMILES string of the molecule is Cc1cc(F)cc2c1N(C(=O)c1ccc([N+](=O)[O-])cc1)CCC2. The molecule has 0 aromatic heterocycles. The molecule has 1 aliphatic heterocycles. The molecule has 3 rings (SSSR count). The normalized spacial score (nSPS) is 13.6. The van der Waals surface area contributed by atoms with E-state index in [1.807, 2.05) is 0 Å². The molecule has 6 heteroatoms. The fraction of sp³-hybridized carbons (Fsp3) is 0.235. The number of carbonyl (C=O) groups is 1. The van der Waals surface area contributed by atoms with Crippen LogP contribution >= 0.6 is 0 Å². The summed E-state index contributed by atoms with van der Waals surface area (Å²) in [7, 11) is 0. The topological polar surface area (TPSA) is 63.5 Å². The van der Waals surface area contributed by atoms with Gasteiger partial charge < -0.3 is 4.90 Å². The molecule has 0 aliphatic carbocycles. The molecule has 1 heterocycles. The molecule has 0 fully saturated rings. The largest absolute Gasteiger partial charge is 0.308 e. The Morgan fingerprint density at radius 3 is 2.61 bits per heavy atom. The summed E-state index contributed by atoms with van der Waals surface area (Å²) in [5.41, 5.74) is 2.62. The number of benzene rings is 2. The molecule has 0 atom stereocenters. The zero-order valence-corrected chi connectivity index (χ0v) is 12.6. The van der Waals surface area contributed by atoms with Gasteiger partial charge in [0.2, 0.25) is 0 Å². The van der Waals surface area contributed by atoms with Crippen molar-refractivity contribution < 1.29 is 14.1 Å². The van der Waals surface area contributed by atoms with E-state index in [1.54, 1.807) is 11.8 Å². The Morgan fingerprint density at radius 1 is 1.26 bits per heavy atom. The predicted molar refractivity (Wildman–Crippen MR) is 84.2 cm³/mol. The second-order valence-electron chi connectivity index (χ2n) is 5.59. The van der Waals surface area contributed by atoms with Crippen LogP contribution in [0, 0.1) is 22.9 Å². The first-order chi connectivity index (χ1) is 11.0. The Bertz CT molecular complexity index is 787. The van der Waals surface area contributed by atoms with Gasteiger partial charge in [0.25, 0.3) is 11.6 Å². The first-order valence-electron chi connectivity index (χ1n) is 7.32. The van der Waals surface area contributed by atoms with Crippen molar-refractivity contribution in [3.63, 3.8) is 0 Å². The zero-order valence-electron chi connectivity index (χ0n) is 12.6. The molecular formula is C17H15FN2O3. The zero-order chi connectivity index (χ0) is 16.6. The molecule has 0 bridgehead atoms. The standard InChI is InChI=1S/C17H15FN2O3/c1-11-9-14(18)10-13-3-2-8-19(16(11)13)17(21)12-4-6-15(7-5-12)20(22)23/h4-7,9-10H,2-3,8H2,1H3. The van der Waals surface area contributed by atoms with Crippen LogP contribution in [0.5, 0.6) is 0 Å². The molecule has 2 aromatic carbocycles. The van der Waals surface area contributed by atoms with Crippen molar-refractivity contribution in [1.29, 1.82) is 0 Å². The van der Waals surface area contributed by atoms with E-state index in [2.05, 4.69) is 0 Å². The third-order valence-corrected chi connectivity index (χ3v) is 4.01. The van der Waals surface area contributed by atoms with Crippen LogP contribution in [0.3, 0.4) is 0 Å². The minimum absolute atomic E-state index is 0.0566.